The van der Waals surface area contributed by atoms with Crippen LogP contribution in [0.3, 0.4) is 0 Å². The molecule has 0 bridgehead atoms. The van der Waals surface area contributed by atoms with Gasteiger partial charge in [0.1, 0.15) is 5.75 Å². The van der Waals surface area contributed by atoms with Crippen molar-refractivity contribution in [3.05, 3.63) is 22.5 Å². The van der Waals surface area contributed by atoms with Crippen LogP contribution in [-0.4, -0.2) is 86.2 Å². The zero-order valence-electron chi connectivity index (χ0n) is 18.4. The molecule has 1 fully saturated rings. The molecule has 1 saturated heterocycles. The number of hydrogen-bond donors (Lipinski definition) is 1. The Hall–Kier alpha value is -2.27. The van der Waals surface area contributed by atoms with Gasteiger partial charge in [0.25, 0.3) is 5.91 Å². The maximum atomic E-state index is 12.7. The number of nitrogens with one attached hydrogen (secondary N) is 1. The smallest absolute Gasteiger partial charge is 0.260 e. The van der Waals surface area contributed by atoms with Crippen LogP contribution in [0.15, 0.2) is 17.5 Å². The van der Waals surface area contributed by atoms with Gasteiger partial charge in [-0.1, -0.05) is 0 Å². The van der Waals surface area contributed by atoms with Crippen molar-refractivity contribution in [1.82, 2.24) is 20.1 Å². The number of methoxy groups -OCH3 is 1. The van der Waals surface area contributed by atoms with E-state index >= 15 is 0 Å². The van der Waals surface area contributed by atoms with Crippen LogP contribution in [0.1, 0.15) is 11.4 Å². The standard InChI is InChI=1S/C22H28N4O4S2/c1-15-24-21-18(32-15)12-17(16-4-11-31-22(16)21)30-14-20(28)26-8-6-25(7-9-26)13-19(27)23-5-3-10-29-2/h4,11-12H,3,5-10,13-14H2,1-2H3,(H,23,27). The number of piperazine rings is 1. The minimum Gasteiger partial charge on any atom is -0.483 e. The van der Waals surface area contributed by atoms with E-state index in [-0.39, 0.29) is 18.4 Å². The number of aryl methyl sites for hydroxylation is 1. The monoisotopic (exact) mass is 476 g/mol. The van der Waals surface area contributed by atoms with Crippen molar-refractivity contribution in [2.45, 2.75) is 13.3 Å². The van der Waals surface area contributed by atoms with Crippen molar-refractivity contribution in [3.63, 3.8) is 0 Å². The van der Waals surface area contributed by atoms with Gasteiger partial charge in [0, 0.05) is 57.9 Å². The average Bonchev–Trinajstić information content (AvgIpc) is 3.41. The van der Waals surface area contributed by atoms with Crippen molar-refractivity contribution in [2.75, 3.05) is 59.6 Å². The molecule has 0 spiro atoms. The van der Waals surface area contributed by atoms with Gasteiger partial charge >= 0.3 is 0 Å². The van der Waals surface area contributed by atoms with Crippen LogP contribution in [0.5, 0.6) is 5.75 Å². The second-order valence-corrected chi connectivity index (χ2v) is 9.91. The number of rotatable bonds is 9. The third-order valence-electron chi connectivity index (χ3n) is 5.46. The van der Waals surface area contributed by atoms with E-state index in [2.05, 4.69) is 15.2 Å². The first-order valence-electron chi connectivity index (χ1n) is 10.7. The van der Waals surface area contributed by atoms with Gasteiger partial charge in [-0.05, 0) is 24.8 Å². The minimum absolute atomic E-state index is 0.00816. The van der Waals surface area contributed by atoms with E-state index in [1.54, 1.807) is 29.8 Å². The lowest BCUT2D eigenvalue weighted by molar-refractivity contribution is -0.135. The van der Waals surface area contributed by atoms with Gasteiger partial charge in [-0.2, -0.15) is 0 Å². The number of carbonyl (C=O) groups excluding carboxylic acids is 2. The molecule has 32 heavy (non-hydrogen) atoms. The summed E-state index contributed by atoms with van der Waals surface area (Å²) < 4.78 is 13.1. The predicted molar refractivity (Wildman–Crippen MR) is 128 cm³/mol. The van der Waals surface area contributed by atoms with Crippen molar-refractivity contribution < 1.29 is 19.1 Å². The zero-order chi connectivity index (χ0) is 22.5. The highest BCUT2D eigenvalue weighted by atomic mass is 32.1. The van der Waals surface area contributed by atoms with Gasteiger partial charge in [0.2, 0.25) is 5.91 Å². The predicted octanol–water partition coefficient (Wildman–Crippen LogP) is 2.50. The largest absolute Gasteiger partial charge is 0.483 e. The highest BCUT2D eigenvalue weighted by molar-refractivity contribution is 7.21. The normalized spacial score (nSPS) is 14.9. The molecule has 3 aromatic rings. The molecule has 0 atom stereocenters. The summed E-state index contributed by atoms with van der Waals surface area (Å²) in [6, 6.07) is 4.01. The lowest BCUT2D eigenvalue weighted by atomic mass is 10.2. The number of benzene rings is 1. The molecule has 10 heteroatoms. The average molecular weight is 477 g/mol. The number of aromatic nitrogens is 1. The molecule has 3 heterocycles. The van der Waals surface area contributed by atoms with Gasteiger partial charge in [0.15, 0.2) is 6.61 Å². The number of fused-ring (bicyclic) bond motifs is 3. The summed E-state index contributed by atoms with van der Waals surface area (Å²) in [5, 5.41) is 6.95. The van der Waals surface area contributed by atoms with Crippen LogP contribution in [-0.2, 0) is 14.3 Å². The van der Waals surface area contributed by atoms with Crippen molar-refractivity contribution in [1.29, 1.82) is 0 Å². The zero-order valence-corrected chi connectivity index (χ0v) is 20.0. The number of amides is 2. The molecule has 0 radical (unpaired) electrons. The molecule has 172 valence electrons. The van der Waals surface area contributed by atoms with Crippen LogP contribution in [0.25, 0.3) is 20.3 Å². The topological polar surface area (TPSA) is 84.0 Å². The Bertz CT molecular complexity index is 1090. The van der Waals surface area contributed by atoms with E-state index in [0.29, 0.717) is 45.9 Å². The number of thiazole rings is 1. The van der Waals surface area contributed by atoms with Gasteiger partial charge < -0.3 is 19.7 Å². The van der Waals surface area contributed by atoms with E-state index in [1.807, 2.05) is 29.3 Å². The third-order valence-corrected chi connectivity index (χ3v) is 7.30. The van der Waals surface area contributed by atoms with E-state index in [1.165, 1.54) is 0 Å². The molecule has 1 aromatic carbocycles. The fourth-order valence-electron chi connectivity index (χ4n) is 3.80. The summed E-state index contributed by atoms with van der Waals surface area (Å²) in [6.07, 6.45) is 0.803. The highest BCUT2D eigenvalue weighted by Gasteiger charge is 2.23. The molecular formula is C22H28N4O4S2. The lowest BCUT2D eigenvalue weighted by Gasteiger charge is -2.34. The van der Waals surface area contributed by atoms with Crippen LogP contribution >= 0.6 is 22.7 Å². The number of ether oxygens (including phenoxy) is 2. The Balaban J connectivity index is 1.27. The molecule has 1 aliphatic heterocycles. The van der Waals surface area contributed by atoms with Crippen molar-refractivity contribution in [3.8, 4) is 5.75 Å². The molecule has 2 aromatic heterocycles. The Morgan fingerprint density at radius 2 is 2.06 bits per heavy atom. The molecule has 0 aliphatic carbocycles. The molecule has 0 unspecified atom stereocenters. The van der Waals surface area contributed by atoms with E-state index < -0.39 is 0 Å². The maximum absolute atomic E-state index is 12.7. The van der Waals surface area contributed by atoms with Crippen LogP contribution in [0, 0.1) is 6.92 Å². The molecule has 0 saturated carbocycles. The second-order valence-electron chi connectivity index (χ2n) is 7.76. The minimum atomic E-state index is -0.0300. The SMILES string of the molecule is COCCCNC(=O)CN1CCN(C(=O)COc2cc3sc(C)nc3c3sccc23)CC1. The number of carbonyl (C=O) groups is 2. The van der Waals surface area contributed by atoms with Gasteiger partial charge in [-0.25, -0.2) is 4.98 Å². The summed E-state index contributed by atoms with van der Waals surface area (Å²) >= 11 is 3.28. The fourth-order valence-corrected chi connectivity index (χ4v) is 5.63. The van der Waals surface area contributed by atoms with Gasteiger partial charge in [0.05, 0.1) is 26.5 Å². The van der Waals surface area contributed by atoms with Crippen LogP contribution in [0.4, 0.5) is 0 Å². The maximum Gasteiger partial charge on any atom is 0.260 e. The Morgan fingerprint density at radius 1 is 1.25 bits per heavy atom. The van der Waals surface area contributed by atoms with Crippen molar-refractivity contribution in [2.24, 2.45) is 0 Å². The number of hydrogen-bond acceptors (Lipinski definition) is 8. The van der Waals surface area contributed by atoms with Gasteiger partial charge in [-0.15, -0.1) is 22.7 Å². The summed E-state index contributed by atoms with van der Waals surface area (Å²) in [5.41, 5.74) is 1.01. The first kappa shape index (κ1) is 22.9. The summed E-state index contributed by atoms with van der Waals surface area (Å²) in [6.45, 7) is 6.17. The van der Waals surface area contributed by atoms with E-state index in [4.69, 9.17) is 9.47 Å². The van der Waals surface area contributed by atoms with Crippen molar-refractivity contribution >= 4 is 54.8 Å². The quantitative estimate of drug-likeness (QED) is 0.478. The van der Waals surface area contributed by atoms with Crippen LogP contribution in [0.2, 0.25) is 0 Å². The second kappa shape index (κ2) is 10.6. The summed E-state index contributed by atoms with van der Waals surface area (Å²) in [4.78, 5) is 33.3. The Kier molecular flexibility index (Phi) is 7.56. The molecular weight excluding hydrogens is 448 g/mol. The molecule has 1 N–H and O–H groups in total. The Labute approximate surface area is 195 Å². The summed E-state index contributed by atoms with van der Waals surface area (Å²) in [5.74, 6) is 0.713. The first-order valence-corrected chi connectivity index (χ1v) is 12.4. The first-order chi connectivity index (χ1) is 15.5. The van der Waals surface area contributed by atoms with E-state index in [9.17, 15) is 9.59 Å². The third kappa shape index (κ3) is 5.37. The fraction of sp³-hybridized carbons (Fsp3) is 0.500. The van der Waals surface area contributed by atoms with Gasteiger partial charge in [-0.3, -0.25) is 14.5 Å². The molecule has 2 amide bonds. The molecule has 4 rings (SSSR count). The Morgan fingerprint density at radius 3 is 2.84 bits per heavy atom. The number of thiophene rings is 1. The number of nitrogens with zero attached hydrogens (tertiary/aromatic N) is 3. The lowest BCUT2D eigenvalue weighted by Crippen LogP contribution is -2.52. The summed E-state index contributed by atoms with van der Waals surface area (Å²) in [7, 11) is 1.65. The molecule has 8 nitrogen and oxygen atoms in total. The highest BCUT2D eigenvalue weighted by Crippen LogP contribution is 2.38. The van der Waals surface area contributed by atoms with E-state index in [0.717, 1.165) is 37.5 Å². The molecule has 1 aliphatic rings. The van der Waals surface area contributed by atoms with Crippen LogP contribution < -0.4 is 10.1 Å².